The highest BCUT2D eigenvalue weighted by molar-refractivity contribution is 7.80. The van der Waals surface area contributed by atoms with E-state index in [2.05, 4.69) is 20.6 Å². The van der Waals surface area contributed by atoms with Crippen LogP contribution in [-0.4, -0.2) is 15.1 Å². The molecule has 98 valence electrons. The number of nitrogens with one attached hydrogen (secondary N) is 2. The van der Waals surface area contributed by atoms with Gasteiger partial charge >= 0.3 is 0 Å². The van der Waals surface area contributed by atoms with Gasteiger partial charge in [-0.3, -0.25) is 0 Å². The summed E-state index contributed by atoms with van der Waals surface area (Å²) >= 11 is 5.29. The zero-order valence-electron chi connectivity index (χ0n) is 10.6. The van der Waals surface area contributed by atoms with Crippen LogP contribution in [0.15, 0.2) is 61.1 Å². The van der Waals surface area contributed by atoms with Crippen molar-refractivity contribution in [2.24, 2.45) is 0 Å². The number of aromatic nitrogens is 2. The van der Waals surface area contributed by atoms with Gasteiger partial charge in [-0.05, 0) is 42.5 Å². The first-order valence-electron chi connectivity index (χ1n) is 6.14. The van der Waals surface area contributed by atoms with E-state index < -0.39 is 0 Å². The molecule has 5 heteroatoms. The van der Waals surface area contributed by atoms with E-state index in [9.17, 15) is 0 Å². The van der Waals surface area contributed by atoms with Gasteiger partial charge in [-0.2, -0.15) is 0 Å². The predicted octanol–water partition coefficient (Wildman–Crippen LogP) is 3.44. The molecule has 20 heavy (non-hydrogen) atoms. The number of benzene rings is 2. The Balaban J connectivity index is 1.74. The molecule has 3 aromatic rings. The largest absolute Gasteiger partial charge is 0.332 e. The Hall–Kier alpha value is -2.53. The summed E-state index contributed by atoms with van der Waals surface area (Å²) in [5, 5.41) is 7.80. The third-order valence-electron chi connectivity index (χ3n) is 2.79. The van der Waals surface area contributed by atoms with Crippen LogP contribution in [0, 0.1) is 0 Å². The molecule has 0 aliphatic heterocycles. The van der Waals surface area contributed by atoms with Gasteiger partial charge in [0.05, 0.1) is 5.52 Å². The quantitative estimate of drug-likeness (QED) is 0.704. The molecular weight excluding hydrogens is 268 g/mol. The zero-order chi connectivity index (χ0) is 13.8. The van der Waals surface area contributed by atoms with E-state index in [4.69, 9.17) is 12.2 Å². The van der Waals surface area contributed by atoms with Crippen molar-refractivity contribution in [3.63, 3.8) is 0 Å². The summed E-state index contributed by atoms with van der Waals surface area (Å²) in [5.41, 5.74) is 2.77. The first-order chi connectivity index (χ1) is 9.81. The standard InChI is InChI=1S/C15H12N4S/c20-15(18-12-4-2-1-3-5-12)19-13-6-7-14-11(8-13)9-16-10-17-14/h1-10H,(H2,18,19,20). The third-order valence-corrected chi connectivity index (χ3v) is 3.00. The van der Waals surface area contributed by atoms with Crippen LogP contribution in [0.1, 0.15) is 0 Å². The summed E-state index contributed by atoms with van der Waals surface area (Å²) in [6.45, 7) is 0. The van der Waals surface area contributed by atoms with Gasteiger partial charge in [-0.1, -0.05) is 18.2 Å². The lowest BCUT2D eigenvalue weighted by molar-refractivity contribution is 1.22. The molecule has 2 N–H and O–H groups in total. The number of hydrogen-bond acceptors (Lipinski definition) is 3. The number of thiocarbonyl (C=S) groups is 1. The van der Waals surface area contributed by atoms with Crippen molar-refractivity contribution in [1.82, 2.24) is 9.97 Å². The van der Waals surface area contributed by atoms with Gasteiger partial charge < -0.3 is 10.6 Å². The zero-order valence-corrected chi connectivity index (χ0v) is 11.4. The highest BCUT2D eigenvalue weighted by Gasteiger charge is 2.00. The van der Waals surface area contributed by atoms with Crippen molar-refractivity contribution in [2.45, 2.75) is 0 Å². The maximum atomic E-state index is 5.29. The Morgan fingerprint density at radius 1 is 0.950 bits per heavy atom. The summed E-state index contributed by atoms with van der Waals surface area (Å²) < 4.78 is 0. The minimum atomic E-state index is 0.549. The fourth-order valence-electron chi connectivity index (χ4n) is 1.88. The van der Waals surface area contributed by atoms with Crippen LogP contribution in [0.3, 0.4) is 0 Å². The highest BCUT2D eigenvalue weighted by atomic mass is 32.1. The molecule has 0 saturated carbocycles. The molecule has 0 aliphatic rings. The maximum absolute atomic E-state index is 5.29. The summed E-state index contributed by atoms with van der Waals surface area (Å²) in [4.78, 5) is 8.20. The fourth-order valence-corrected chi connectivity index (χ4v) is 2.11. The van der Waals surface area contributed by atoms with Gasteiger partial charge in [-0.15, -0.1) is 0 Å². The van der Waals surface area contributed by atoms with Crippen molar-refractivity contribution >= 4 is 39.6 Å². The van der Waals surface area contributed by atoms with E-state index in [1.54, 1.807) is 6.20 Å². The average Bonchev–Trinajstić information content (AvgIpc) is 2.48. The smallest absolute Gasteiger partial charge is 0.175 e. The Labute approximate surface area is 121 Å². The van der Waals surface area contributed by atoms with E-state index in [0.717, 1.165) is 22.3 Å². The molecule has 1 heterocycles. The lowest BCUT2D eigenvalue weighted by Crippen LogP contribution is -2.18. The number of para-hydroxylation sites is 1. The van der Waals surface area contributed by atoms with Crippen LogP contribution in [0.2, 0.25) is 0 Å². The number of nitrogens with zero attached hydrogens (tertiary/aromatic N) is 2. The molecule has 0 atom stereocenters. The van der Waals surface area contributed by atoms with Gasteiger partial charge in [-0.25, -0.2) is 9.97 Å². The van der Waals surface area contributed by atoms with Gasteiger partial charge in [0, 0.05) is 23.0 Å². The van der Waals surface area contributed by atoms with Crippen molar-refractivity contribution in [2.75, 3.05) is 10.6 Å². The van der Waals surface area contributed by atoms with Crippen LogP contribution >= 0.6 is 12.2 Å². The average molecular weight is 280 g/mol. The summed E-state index contributed by atoms with van der Waals surface area (Å²) in [7, 11) is 0. The summed E-state index contributed by atoms with van der Waals surface area (Å²) in [6, 6.07) is 15.6. The lowest BCUT2D eigenvalue weighted by atomic mass is 10.2. The van der Waals surface area contributed by atoms with Crippen LogP contribution in [0.25, 0.3) is 10.9 Å². The van der Waals surface area contributed by atoms with Crippen molar-refractivity contribution in [1.29, 1.82) is 0 Å². The molecule has 0 saturated heterocycles. The molecular formula is C15H12N4S. The monoisotopic (exact) mass is 280 g/mol. The first kappa shape index (κ1) is 12.5. The molecule has 0 unspecified atom stereocenters. The Kier molecular flexibility index (Phi) is 3.52. The van der Waals surface area contributed by atoms with Gasteiger partial charge in [0.15, 0.2) is 5.11 Å². The number of anilines is 2. The number of hydrogen-bond donors (Lipinski definition) is 2. The molecule has 0 bridgehead atoms. The van der Waals surface area contributed by atoms with Crippen molar-refractivity contribution < 1.29 is 0 Å². The molecule has 0 fully saturated rings. The Morgan fingerprint density at radius 3 is 2.60 bits per heavy atom. The third kappa shape index (κ3) is 2.89. The molecule has 3 rings (SSSR count). The molecule has 2 aromatic carbocycles. The second-order valence-electron chi connectivity index (χ2n) is 4.24. The minimum absolute atomic E-state index is 0.549. The SMILES string of the molecule is S=C(Nc1ccccc1)Nc1ccc2ncncc2c1. The number of rotatable bonds is 2. The second kappa shape index (κ2) is 5.63. The maximum Gasteiger partial charge on any atom is 0.175 e. The predicted molar refractivity (Wildman–Crippen MR) is 85.8 cm³/mol. The first-order valence-corrected chi connectivity index (χ1v) is 6.55. The molecule has 0 aliphatic carbocycles. The van der Waals surface area contributed by atoms with Crippen LogP contribution in [0.4, 0.5) is 11.4 Å². The molecule has 0 spiro atoms. The normalized spacial score (nSPS) is 10.2. The van der Waals surface area contributed by atoms with E-state index in [1.165, 1.54) is 6.33 Å². The van der Waals surface area contributed by atoms with E-state index in [0.29, 0.717) is 5.11 Å². The fraction of sp³-hybridized carbons (Fsp3) is 0. The topological polar surface area (TPSA) is 49.8 Å². The number of fused-ring (bicyclic) bond motifs is 1. The van der Waals surface area contributed by atoms with Crippen molar-refractivity contribution in [3.8, 4) is 0 Å². The molecule has 1 aromatic heterocycles. The van der Waals surface area contributed by atoms with Crippen LogP contribution < -0.4 is 10.6 Å². The highest BCUT2D eigenvalue weighted by Crippen LogP contribution is 2.16. The molecule has 4 nitrogen and oxygen atoms in total. The van der Waals surface area contributed by atoms with E-state index in [-0.39, 0.29) is 0 Å². The van der Waals surface area contributed by atoms with Gasteiger partial charge in [0.1, 0.15) is 6.33 Å². The van der Waals surface area contributed by atoms with Crippen molar-refractivity contribution in [3.05, 3.63) is 61.1 Å². The Bertz CT molecular complexity index is 743. The molecule has 0 amide bonds. The van der Waals surface area contributed by atoms with E-state index >= 15 is 0 Å². The summed E-state index contributed by atoms with van der Waals surface area (Å²) in [6.07, 6.45) is 3.32. The van der Waals surface area contributed by atoms with Gasteiger partial charge in [0.2, 0.25) is 0 Å². The van der Waals surface area contributed by atoms with Gasteiger partial charge in [0.25, 0.3) is 0 Å². The minimum Gasteiger partial charge on any atom is -0.332 e. The Morgan fingerprint density at radius 2 is 1.75 bits per heavy atom. The van der Waals surface area contributed by atoms with Crippen LogP contribution in [0.5, 0.6) is 0 Å². The lowest BCUT2D eigenvalue weighted by Gasteiger charge is -2.10. The summed E-state index contributed by atoms with van der Waals surface area (Å²) in [5.74, 6) is 0. The molecule has 0 radical (unpaired) electrons. The van der Waals surface area contributed by atoms with Crippen LogP contribution in [-0.2, 0) is 0 Å². The van der Waals surface area contributed by atoms with E-state index in [1.807, 2.05) is 48.5 Å². The second-order valence-corrected chi connectivity index (χ2v) is 4.65.